The zero-order valence-electron chi connectivity index (χ0n) is 16.4. The fraction of sp³-hybridized carbons (Fsp3) is 0.190. The molecular formula is C21H17Cl2FN4OS. The van der Waals surface area contributed by atoms with Crippen LogP contribution < -0.4 is 4.74 Å². The van der Waals surface area contributed by atoms with Crippen LogP contribution in [0.2, 0.25) is 10.0 Å². The minimum atomic E-state index is -0.474. The molecule has 9 heteroatoms. The zero-order valence-corrected chi connectivity index (χ0v) is 18.7. The third-order valence-corrected chi connectivity index (χ3v) is 5.89. The molecule has 0 radical (unpaired) electrons. The van der Waals surface area contributed by atoms with Crippen molar-refractivity contribution in [2.45, 2.75) is 13.8 Å². The van der Waals surface area contributed by atoms with Gasteiger partial charge in [0.15, 0.2) is 0 Å². The Morgan fingerprint density at radius 1 is 1.30 bits per heavy atom. The Hall–Kier alpha value is -2.66. The summed E-state index contributed by atoms with van der Waals surface area (Å²) in [7, 11) is 1.82. The molecule has 0 unspecified atom stereocenters. The molecule has 0 saturated carbocycles. The lowest BCUT2D eigenvalue weighted by atomic mass is 10.1. The number of aryl methyl sites for hydroxylation is 1. The van der Waals surface area contributed by atoms with E-state index in [0.717, 1.165) is 17.1 Å². The maximum atomic E-state index is 13.4. The van der Waals surface area contributed by atoms with Crippen molar-refractivity contribution in [1.82, 2.24) is 9.27 Å². The van der Waals surface area contributed by atoms with E-state index in [1.54, 1.807) is 17.0 Å². The van der Waals surface area contributed by atoms with E-state index in [1.165, 1.54) is 18.2 Å². The Labute approximate surface area is 187 Å². The number of amidine groups is 1. The molecule has 1 aromatic heterocycles. The van der Waals surface area contributed by atoms with E-state index in [9.17, 15) is 9.65 Å². The van der Waals surface area contributed by atoms with Crippen LogP contribution in [0.3, 0.4) is 0 Å². The Morgan fingerprint density at radius 2 is 2.03 bits per heavy atom. The number of halogens is 3. The van der Waals surface area contributed by atoms with Gasteiger partial charge in [0.1, 0.15) is 34.7 Å². The van der Waals surface area contributed by atoms with Gasteiger partial charge in [-0.05, 0) is 43.7 Å². The summed E-state index contributed by atoms with van der Waals surface area (Å²) in [5.41, 5.74) is 2.32. The summed E-state index contributed by atoms with van der Waals surface area (Å²) in [6, 6.07) is 9.39. The molecule has 30 heavy (non-hydrogen) atoms. The molecule has 5 nitrogen and oxygen atoms in total. The van der Waals surface area contributed by atoms with Crippen LogP contribution in [0, 0.1) is 29.5 Å². The predicted molar refractivity (Wildman–Crippen MR) is 119 cm³/mol. The van der Waals surface area contributed by atoms with E-state index in [1.807, 2.05) is 20.9 Å². The van der Waals surface area contributed by atoms with Gasteiger partial charge in [-0.3, -0.25) is 5.41 Å². The molecule has 0 bridgehead atoms. The fourth-order valence-electron chi connectivity index (χ4n) is 2.73. The summed E-state index contributed by atoms with van der Waals surface area (Å²) in [4.78, 5) is 1.77. The van der Waals surface area contributed by atoms with Gasteiger partial charge in [-0.1, -0.05) is 23.2 Å². The highest BCUT2D eigenvalue weighted by Gasteiger charge is 2.21. The molecule has 0 atom stereocenters. The molecule has 0 saturated heterocycles. The number of hydrogen-bond acceptors (Lipinski definition) is 5. The summed E-state index contributed by atoms with van der Waals surface area (Å²) >= 11 is 13.5. The van der Waals surface area contributed by atoms with E-state index in [4.69, 9.17) is 33.3 Å². The number of nitrogens with zero attached hydrogens (tertiary/aromatic N) is 3. The molecule has 0 amide bonds. The highest BCUT2D eigenvalue weighted by Crippen LogP contribution is 2.40. The number of aromatic nitrogens is 1. The highest BCUT2D eigenvalue weighted by molar-refractivity contribution is 7.08. The van der Waals surface area contributed by atoms with Gasteiger partial charge in [0, 0.05) is 42.3 Å². The lowest BCUT2D eigenvalue weighted by molar-refractivity contribution is 0.491. The number of hydrogen-bond donors (Lipinski definition) is 1. The fourth-order valence-corrected chi connectivity index (χ4v) is 3.95. The second kappa shape index (κ2) is 9.00. The van der Waals surface area contributed by atoms with Crippen molar-refractivity contribution in [1.29, 1.82) is 10.7 Å². The maximum absolute atomic E-state index is 13.4. The topological polar surface area (TPSA) is 73.0 Å². The SMILES string of the molecule is CCN(C)C(=N)c1cc(C)c(Oc2snc(-c3ccc(F)cc3Cl)c2C#N)cc1Cl. The third-order valence-electron chi connectivity index (χ3n) is 4.54. The first-order chi connectivity index (χ1) is 14.3. The van der Waals surface area contributed by atoms with Gasteiger partial charge in [0.05, 0.1) is 10.0 Å². The van der Waals surface area contributed by atoms with Crippen molar-refractivity contribution in [2.75, 3.05) is 13.6 Å². The van der Waals surface area contributed by atoms with Crippen LogP contribution in [0.15, 0.2) is 30.3 Å². The summed E-state index contributed by atoms with van der Waals surface area (Å²) in [5.74, 6) is 0.284. The standard InChI is InChI=1S/C21H17Cl2FN4OS/c1-4-28(3)20(26)14-7-11(2)18(9-17(14)23)29-21-15(10-25)19(27-30-21)13-6-5-12(24)8-16(13)22/h5-9,26H,4H2,1-3H3. The van der Waals surface area contributed by atoms with Crippen molar-refractivity contribution >= 4 is 40.6 Å². The van der Waals surface area contributed by atoms with E-state index >= 15 is 0 Å². The normalized spacial score (nSPS) is 10.6. The van der Waals surface area contributed by atoms with Crippen LogP contribution in [0.1, 0.15) is 23.6 Å². The molecule has 0 spiro atoms. The van der Waals surface area contributed by atoms with Crippen LogP contribution in [0.25, 0.3) is 11.3 Å². The monoisotopic (exact) mass is 462 g/mol. The molecule has 1 N–H and O–H groups in total. The summed E-state index contributed by atoms with van der Waals surface area (Å²) in [6.45, 7) is 4.46. The van der Waals surface area contributed by atoms with Gasteiger partial charge < -0.3 is 9.64 Å². The van der Waals surface area contributed by atoms with E-state index in [0.29, 0.717) is 40.0 Å². The third kappa shape index (κ3) is 4.26. The first-order valence-electron chi connectivity index (χ1n) is 8.90. The average Bonchev–Trinajstić information content (AvgIpc) is 3.11. The number of nitrogens with one attached hydrogen (secondary N) is 1. The summed E-state index contributed by atoms with van der Waals surface area (Å²) in [5, 5.41) is 18.7. The highest BCUT2D eigenvalue weighted by atomic mass is 35.5. The van der Waals surface area contributed by atoms with Crippen LogP contribution in [0.5, 0.6) is 10.8 Å². The first kappa shape index (κ1) is 22.0. The Kier molecular flexibility index (Phi) is 6.61. The van der Waals surface area contributed by atoms with E-state index in [-0.39, 0.29) is 15.6 Å². The van der Waals surface area contributed by atoms with Gasteiger partial charge >= 0.3 is 0 Å². The zero-order chi connectivity index (χ0) is 22.0. The van der Waals surface area contributed by atoms with E-state index in [2.05, 4.69) is 10.4 Å². The quantitative estimate of drug-likeness (QED) is 0.346. The molecule has 0 aliphatic rings. The lowest BCUT2D eigenvalue weighted by Gasteiger charge is -2.19. The van der Waals surface area contributed by atoms with Crippen molar-refractivity contribution in [3.63, 3.8) is 0 Å². The molecule has 2 aromatic carbocycles. The minimum absolute atomic E-state index is 0.158. The number of benzene rings is 2. The number of nitriles is 1. The maximum Gasteiger partial charge on any atom is 0.218 e. The number of rotatable bonds is 5. The molecule has 0 aliphatic carbocycles. The molecule has 0 aliphatic heterocycles. The Balaban J connectivity index is 1.98. The van der Waals surface area contributed by atoms with Gasteiger partial charge in [0.2, 0.25) is 5.06 Å². The number of ether oxygens (including phenoxy) is 1. The second-order valence-electron chi connectivity index (χ2n) is 6.49. The molecule has 0 fully saturated rings. The summed E-state index contributed by atoms with van der Waals surface area (Å²) < 4.78 is 23.6. The molecule has 154 valence electrons. The molecule has 1 heterocycles. The smallest absolute Gasteiger partial charge is 0.218 e. The Morgan fingerprint density at radius 3 is 2.67 bits per heavy atom. The van der Waals surface area contributed by atoms with Gasteiger partial charge in [-0.25, -0.2) is 4.39 Å². The van der Waals surface area contributed by atoms with Gasteiger partial charge in [-0.2, -0.15) is 9.64 Å². The van der Waals surface area contributed by atoms with Crippen molar-refractivity contribution in [2.24, 2.45) is 0 Å². The Bertz CT molecular complexity index is 1170. The van der Waals surface area contributed by atoms with Gasteiger partial charge in [0.25, 0.3) is 0 Å². The van der Waals surface area contributed by atoms with E-state index < -0.39 is 5.82 Å². The van der Waals surface area contributed by atoms with Crippen LogP contribution in [0.4, 0.5) is 4.39 Å². The largest absolute Gasteiger partial charge is 0.443 e. The van der Waals surface area contributed by atoms with Crippen molar-refractivity contribution in [3.05, 3.63) is 62.9 Å². The van der Waals surface area contributed by atoms with Crippen molar-refractivity contribution in [3.8, 4) is 28.1 Å². The lowest BCUT2D eigenvalue weighted by Crippen LogP contribution is -2.26. The van der Waals surface area contributed by atoms with Crippen LogP contribution in [-0.4, -0.2) is 28.7 Å². The minimum Gasteiger partial charge on any atom is -0.443 e. The van der Waals surface area contributed by atoms with Crippen molar-refractivity contribution < 1.29 is 9.13 Å². The average molecular weight is 463 g/mol. The molecular weight excluding hydrogens is 446 g/mol. The predicted octanol–water partition coefficient (Wildman–Crippen LogP) is 6.51. The van der Waals surface area contributed by atoms with Crippen LogP contribution in [-0.2, 0) is 0 Å². The van der Waals surface area contributed by atoms with Gasteiger partial charge in [-0.15, -0.1) is 0 Å². The molecule has 3 rings (SSSR count). The van der Waals surface area contributed by atoms with Crippen LogP contribution >= 0.6 is 34.7 Å². The first-order valence-corrected chi connectivity index (χ1v) is 10.4. The summed E-state index contributed by atoms with van der Waals surface area (Å²) in [6.07, 6.45) is 0. The second-order valence-corrected chi connectivity index (χ2v) is 8.04. The molecule has 3 aromatic rings.